The molecule has 0 fully saturated rings. The average molecular weight is 439 g/mol. The largest absolute Gasteiger partial charge is 0.508 e. The number of phenolic OH excluding ortho intramolecular Hbond substituents is 1. The molecule has 0 heterocycles. The normalized spacial score (nSPS) is 15.1. The summed E-state index contributed by atoms with van der Waals surface area (Å²) < 4.78 is 0. The van der Waals surface area contributed by atoms with Gasteiger partial charge >= 0.3 is 0 Å². The topological polar surface area (TPSA) is 44.3 Å². The molecule has 0 saturated heterocycles. The minimum Gasteiger partial charge on any atom is -0.508 e. The van der Waals surface area contributed by atoms with E-state index in [1.807, 2.05) is 36.4 Å². The molecule has 0 aliphatic carbocycles. The lowest BCUT2D eigenvalue weighted by Gasteiger charge is -2.30. The Morgan fingerprint density at radius 1 is 0.636 bits per heavy atom. The molecule has 170 valence electrons. The highest BCUT2D eigenvalue weighted by molar-refractivity contribution is 5.88. The van der Waals surface area contributed by atoms with E-state index in [0.29, 0.717) is 5.75 Å². The summed E-state index contributed by atoms with van der Waals surface area (Å²) in [5, 5.41) is 20.8. The lowest BCUT2D eigenvalue weighted by molar-refractivity contribution is 0.360. The van der Waals surface area contributed by atoms with Gasteiger partial charge in [-0.15, -0.1) is 0 Å². The van der Waals surface area contributed by atoms with Crippen molar-refractivity contribution >= 4 is 10.8 Å². The summed E-state index contributed by atoms with van der Waals surface area (Å²) in [7, 11) is 0. The molecular formula is C30H34N2O. The van der Waals surface area contributed by atoms with Gasteiger partial charge in [0.1, 0.15) is 5.75 Å². The first-order valence-corrected chi connectivity index (χ1v) is 11.9. The van der Waals surface area contributed by atoms with Crippen LogP contribution in [-0.2, 0) is 0 Å². The van der Waals surface area contributed by atoms with Crippen LogP contribution in [0.15, 0.2) is 97.1 Å². The molecular weight excluding hydrogens is 404 g/mol. The van der Waals surface area contributed by atoms with Crippen LogP contribution >= 0.6 is 0 Å². The molecule has 4 atom stereocenters. The van der Waals surface area contributed by atoms with Crippen molar-refractivity contribution in [2.24, 2.45) is 0 Å². The Hall–Kier alpha value is -3.14. The molecule has 4 rings (SSSR count). The van der Waals surface area contributed by atoms with Crippen molar-refractivity contribution in [1.29, 1.82) is 0 Å². The number of aromatic hydroxyl groups is 1. The third-order valence-corrected chi connectivity index (χ3v) is 6.47. The number of fused-ring (bicyclic) bond motifs is 1. The van der Waals surface area contributed by atoms with Crippen molar-refractivity contribution in [1.82, 2.24) is 10.6 Å². The van der Waals surface area contributed by atoms with Crippen LogP contribution in [-0.4, -0.2) is 11.1 Å². The van der Waals surface area contributed by atoms with Crippen LogP contribution in [0.1, 0.15) is 62.0 Å². The highest BCUT2D eigenvalue weighted by atomic mass is 16.3. The van der Waals surface area contributed by atoms with E-state index in [9.17, 15) is 5.11 Å². The van der Waals surface area contributed by atoms with Gasteiger partial charge in [-0.1, -0.05) is 91.0 Å². The summed E-state index contributed by atoms with van der Waals surface area (Å²) >= 11 is 0. The lowest BCUT2D eigenvalue weighted by atomic mass is 9.92. The first-order valence-electron chi connectivity index (χ1n) is 11.9. The summed E-state index contributed by atoms with van der Waals surface area (Å²) in [4.78, 5) is 0. The molecule has 0 aromatic heterocycles. The van der Waals surface area contributed by atoms with E-state index in [1.54, 1.807) is 0 Å². The monoisotopic (exact) mass is 438 g/mol. The number of hydrogen-bond donors (Lipinski definition) is 3. The Bertz CT molecular complexity index is 1160. The third-order valence-electron chi connectivity index (χ3n) is 6.47. The van der Waals surface area contributed by atoms with E-state index < -0.39 is 0 Å². The fourth-order valence-corrected chi connectivity index (χ4v) is 4.75. The smallest absolute Gasteiger partial charge is 0.120 e. The van der Waals surface area contributed by atoms with Crippen LogP contribution in [0.25, 0.3) is 10.8 Å². The van der Waals surface area contributed by atoms with Crippen molar-refractivity contribution in [2.75, 3.05) is 0 Å². The summed E-state index contributed by atoms with van der Waals surface area (Å²) in [6.07, 6.45) is 0.843. The zero-order chi connectivity index (χ0) is 23.2. The fraction of sp³-hybridized carbons (Fsp3) is 0.267. The van der Waals surface area contributed by atoms with Gasteiger partial charge in [-0.25, -0.2) is 0 Å². The second kappa shape index (κ2) is 10.7. The number of nitrogens with one attached hydrogen (secondary N) is 2. The van der Waals surface area contributed by atoms with Crippen molar-refractivity contribution < 1.29 is 5.11 Å². The Balaban J connectivity index is 1.63. The molecule has 0 bridgehead atoms. The summed E-state index contributed by atoms with van der Waals surface area (Å²) in [5.74, 6) is 0.342. The van der Waals surface area contributed by atoms with Gasteiger partial charge in [0.25, 0.3) is 0 Å². The molecule has 3 heteroatoms. The predicted molar refractivity (Wildman–Crippen MR) is 138 cm³/mol. The Morgan fingerprint density at radius 3 is 1.82 bits per heavy atom. The van der Waals surface area contributed by atoms with Crippen LogP contribution < -0.4 is 10.6 Å². The SMILES string of the molecule is C[C@@H](C[C@@H](N[C@H](C)c1ccccc1)c1c(O)ccc2ccccc12)N[C@H](C)c1ccccc1. The van der Waals surface area contributed by atoms with Crippen LogP contribution in [0.2, 0.25) is 0 Å². The Labute approximate surface area is 197 Å². The highest BCUT2D eigenvalue weighted by Crippen LogP contribution is 2.36. The molecule has 33 heavy (non-hydrogen) atoms. The highest BCUT2D eigenvalue weighted by Gasteiger charge is 2.24. The molecule has 0 amide bonds. The van der Waals surface area contributed by atoms with Crippen LogP contribution in [0.4, 0.5) is 0 Å². The van der Waals surface area contributed by atoms with E-state index in [0.717, 1.165) is 22.8 Å². The molecule has 3 nitrogen and oxygen atoms in total. The standard InChI is InChI=1S/C30H34N2O/c1-21(31-22(2)24-12-6-4-7-13-24)20-28(32-23(3)25-14-8-5-9-15-25)30-27-17-11-10-16-26(27)18-19-29(30)33/h4-19,21-23,28,31-33H,20H2,1-3H3/t21-,22+,23+,28+/m0/s1. The fourth-order valence-electron chi connectivity index (χ4n) is 4.75. The van der Waals surface area contributed by atoms with Crippen molar-refractivity contribution in [3.8, 4) is 5.75 Å². The van der Waals surface area contributed by atoms with Gasteiger partial charge in [0, 0.05) is 29.7 Å². The van der Waals surface area contributed by atoms with E-state index >= 15 is 0 Å². The number of rotatable bonds is 9. The minimum absolute atomic E-state index is 0.0169. The Kier molecular flexibility index (Phi) is 7.43. The van der Waals surface area contributed by atoms with E-state index in [-0.39, 0.29) is 24.2 Å². The van der Waals surface area contributed by atoms with Crippen molar-refractivity contribution in [3.63, 3.8) is 0 Å². The van der Waals surface area contributed by atoms with Gasteiger partial charge in [0.05, 0.1) is 0 Å². The molecule has 4 aromatic carbocycles. The number of phenols is 1. The molecule has 0 aliphatic rings. The van der Waals surface area contributed by atoms with Crippen molar-refractivity contribution in [2.45, 2.75) is 51.4 Å². The Morgan fingerprint density at radius 2 is 1.18 bits per heavy atom. The van der Waals surface area contributed by atoms with Gasteiger partial charge in [0.2, 0.25) is 0 Å². The van der Waals surface area contributed by atoms with Gasteiger partial charge < -0.3 is 15.7 Å². The number of benzene rings is 4. The van der Waals surface area contributed by atoms with Crippen LogP contribution in [0.3, 0.4) is 0 Å². The maximum atomic E-state index is 11.0. The van der Waals surface area contributed by atoms with Gasteiger partial charge in [-0.05, 0) is 55.2 Å². The molecule has 0 saturated carbocycles. The van der Waals surface area contributed by atoms with Gasteiger partial charge in [-0.3, -0.25) is 0 Å². The average Bonchev–Trinajstić information content (AvgIpc) is 2.84. The first kappa shape index (κ1) is 23.0. The quantitative estimate of drug-likeness (QED) is 0.262. The molecule has 3 N–H and O–H groups in total. The first-order chi connectivity index (χ1) is 16.0. The zero-order valence-electron chi connectivity index (χ0n) is 19.7. The second-order valence-corrected chi connectivity index (χ2v) is 9.01. The predicted octanol–water partition coefficient (Wildman–Crippen LogP) is 7.07. The molecule has 0 spiro atoms. The maximum Gasteiger partial charge on any atom is 0.120 e. The van der Waals surface area contributed by atoms with Gasteiger partial charge in [-0.2, -0.15) is 0 Å². The summed E-state index contributed by atoms with van der Waals surface area (Å²) in [5.41, 5.74) is 3.48. The summed E-state index contributed by atoms with van der Waals surface area (Å²) in [6.45, 7) is 6.62. The van der Waals surface area contributed by atoms with Crippen LogP contribution in [0.5, 0.6) is 5.75 Å². The van der Waals surface area contributed by atoms with Crippen LogP contribution in [0, 0.1) is 0 Å². The molecule has 0 unspecified atom stereocenters. The third kappa shape index (κ3) is 5.62. The number of hydrogen-bond acceptors (Lipinski definition) is 3. The van der Waals surface area contributed by atoms with Gasteiger partial charge in [0.15, 0.2) is 0 Å². The maximum absolute atomic E-state index is 11.0. The van der Waals surface area contributed by atoms with Crippen molar-refractivity contribution in [3.05, 3.63) is 114 Å². The van der Waals surface area contributed by atoms with E-state index in [2.05, 4.69) is 92.1 Å². The van der Waals surface area contributed by atoms with E-state index in [4.69, 9.17) is 0 Å². The zero-order valence-corrected chi connectivity index (χ0v) is 19.7. The van der Waals surface area contributed by atoms with E-state index in [1.165, 1.54) is 11.1 Å². The molecule has 0 radical (unpaired) electrons. The molecule has 4 aromatic rings. The second-order valence-electron chi connectivity index (χ2n) is 9.01. The molecule has 0 aliphatic heterocycles. The lowest BCUT2D eigenvalue weighted by Crippen LogP contribution is -2.35. The minimum atomic E-state index is -0.0169. The summed E-state index contributed by atoms with van der Waals surface area (Å²) in [6, 6.07) is 33.8.